The molecule has 0 saturated carbocycles. The fourth-order valence-corrected chi connectivity index (χ4v) is 3.58. The smallest absolute Gasteiger partial charge is 0.139 e. The molecule has 3 nitrogen and oxygen atoms in total. The maximum atomic E-state index is 5.56. The maximum Gasteiger partial charge on any atom is 0.139 e. The van der Waals surface area contributed by atoms with E-state index in [0.717, 1.165) is 29.4 Å². The van der Waals surface area contributed by atoms with Gasteiger partial charge in [0.2, 0.25) is 0 Å². The van der Waals surface area contributed by atoms with E-state index in [9.17, 15) is 0 Å². The van der Waals surface area contributed by atoms with Crippen LogP contribution < -0.4 is 9.64 Å². The molecule has 4 rings (SSSR count). The number of anilines is 1. The molecule has 1 aliphatic rings. The number of para-hydroxylation sites is 1. The predicted molar refractivity (Wildman–Crippen MR) is 116 cm³/mol. The van der Waals surface area contributed by atoms with E-state index in [1.807, 2.05) is 42.5 Å². The Kier molecular flexibility index (Phi) is 5.20. The van der Waals surface area contributed by atoms with Crippen LogP contribution in [-0.4, -0.2) is 10.4 Å². The van der Waals surface area contributed by atoms with Crippen molar-refractivity contribution in [1.29, 1.82) is 0 Å². The van der Waals surface area contributed by atoms with Crippen LogP contribution in [0, 0.1) is 0 Å². The van der Waals surface area contributed by atoms with Gasteiger partial charge in [0.05, 0.1) is 11.7 Å². The van der Waals surface area contributed by atoms with Gasteiger partial charge in [0.1, 0.15) is 16.2 Å². The van der Waals surface area contributed by atoms with Gasteiger partial charge in [0.25, 0.3) is 0 Å². The third-order valence-electron chi connectivity index (χ3n) is 4.50. The highest BCUT2D eigenvalue weighted by atomic mass is 127. The first-order chi connectivity index (χ1) is 12.8. The van der Waals surface area contributed by atoms with E-state index in [-0.39, 0.29) is 0 Å². The monoisotopic (exact) mass is 454 g/mol. The number of halogens is 1. The van der Waals surface area contributed by atoms with Gasteiger partial charge in [-0.2, -0.15) is 0 Å². The van der Waals surface area contributed by atoms with Crippen molar-refractivity contribution in [3.05, 3.63) is 90.5 Å². The van der Waals surface area contributed by atoms with E-state index < -0.39 is 0 Å². The topological polar surface area (TPSA) is 24.8 Å². The van der Waals surface area contributed by atoms with Gasteiger partial charge >= 0.3 is 0 Å². The molecule has 1 saturated heterocycles. The number of hydrogen-bond acceptors (Lipinski definition) is 2. The fourth-order valence-electron chi connectivity index (χ4n) is 3.22. The van der Waals surface area contributed by atoms with Crippen molar-refractivity contribution < 1.29 is 4.74 Å². The molecule has 4 heteroatoms. The quantitative estimate of drug-likeness (QED) is 0.342. The SMILES string of the molecule is ICOc1ccc(N2C(=Nc3ccccc3)CC2c2ccccc2)cc1. The van der Waals surface area contributed by atoms with Crippen molar-refractivity contribution in [1.82, 2.24) is 0 Å². The Morgan fingerprint density at radius 1 is 0.885 bits per heavy atom. The molecule has 1 heterocycles. The zero-order valence-electron chi connectivity index (χ0n) is 14.3. The van der Waals surface area contributed by atoms with E-state index in [0.29, 0.717) is 10.7 Å². The molecule has 0 radical (unpaired) electrons. The number of ether oxygens (including phenoxy) is 1. The van der Waals surface area contributed by atoms with Gasteiger partial charge < -0.3 is 9.64 Å². The van der Waals surface area contributed by atoms with Gasteiger partial charge in [-0.3, -0.25) is 0 Å². The number of rotatable bonds is 5. The summed E-state index contributed by atoms with van der Waals surface area (Å²) in [5, 5.41) is 0. The highest BCUT2D eigenvalue weighted by Crippen LogP contribution is 2.40. The summed E-state index contributed by atoms with van der Waals surface area (Å²) in [6.45, 7) is 0. The summed E-state index contributed by atoms with van der Waals surface area (Å²) in [7, 11) is 0. The van der Waals surface area contributed by atoms with Gasteiger partial charge in [0, 0.05) is 12.1 Å². The van der Waals surface area contributed by atoms with Crippen LogP contribution in [0.4, 0.5) is 11.4 Å². The van der Waals surface area contributed by atoms with Gasteiger partial charge in [-0.1, -0.05) is 48.5 Å². The largest absolute Gasteiger partial charge is 0.483 e. The molecule has 0 N–H and O–H groups in total. The highest BCUT2D eigenvalue weighted by Gasteiger charge is 2.36. The lowest BCUT2D eigenvalue weighted by molar-refractivity contribution is 0.404. The molecule has 1 fully saturated rings. The van der Waals surface area contributed by atoms with Crippen molar-refractivity contribution in [3.8, 4) is 5.75 Å². The first-order valence-corrected chi connectivity index (χ1v) is 10.1. The predicted octanol–water partition coefficient (Wildman–Crippen LogP) is 6.14. The van der Waals surface area contributed by atoms with Crippen LogP contribution in [0.15, 0.2) is 89.9 Å². The molecule has 1 aliphatic heterocycles. The lowest BCUT2D eigenvalue weighted by Crippen LogP contribution is -2.46. The molecular weight excluding hydrogens is 435 g/mol. The van der Waals surface area contributed by atoms with E-state index >= 15 is 0 Å². The number of amidine groups is 1. The van der Waals surface area contributed by atoms with Crippen LogP contribution >= 0.6 is 22.6 Å². The molecule has 0 bridgehead atoms. The molecule has 0 aromatic heterocycles. The standard InChI is InChI=1S/C22H19IN2O/c23-16-26-20-13-11-19(12-14-20)25-21(17-7-3-1-4-8-17)15-22(25)24-18-9-5-2-6-10-18/h1-14,21H,15-16H2. The third-order valence-corrected chi connectivity index (χ3v) is 4.81. The lowest BCUT2D eigenvalue weighted by Gasteiger charge is -2.44. The summed E-state index contributed by atoms with van der Waals surface area (Å²) in [6.07, 6.45) is 0.935. The molecule has 0 aliphatic carbocycles. The van der Waals surface area contributed by atoms with Gasteiger partial charge in [-0.25, -0.2) is 4.99 Å². The second-order valence-corrected chi connectivity index (χ2v) is 6.73. The van der Waals surface area contributed by atoms with Crippen LogP contribution in [0.25, 0.3) is 0 Å². The second-order valence-electron chi connectivity index (χ2n) is 6.11. The normalized spacial score (nSPS) is 17.8. The second kappa shape index (κ2) is 7.91. The Morgan fingerprint density at radius 2 is 1.54 bits per heavy atom. The van der Waals surface area contributed by atoms with Crippen molar-refractivity contribution in [3.63, 3.8) is 0 Å². The lowest BCUT2D eigenvalue weighted by atomic mass is 9.92. The summed E-state index contributed by atoms with van der Waals surface area (Å²) in [5.41, 5.74) is 3.44. The first-order valence-electron chi connectivity index (χ1n) is 8.61. The minimum Gasteiger partial charge on any atom is -0.483 e. The van der Waals surface area contributed by atoms with Crippen molar-refractivity contribution in [2.24, 2.45) is 4.99 Å². The molecule has 1 unspecified atom stereocenters. The molecule has 26 heavy (non-hydrogen) atoms. The molecule has 130 valence electrons. The summed E-state index contributed by atoms with van der Waals surface area (Å²) >= 11 is 2.21. The summed E-state index contributed by atoms with van der Waals surface area (Å²) in [4.78, 5) is 7.18. The number of hydrogen-bond donors (Lipinski definition) is 0. The van der Waals surface area contributed by atoms with Gasteiger partial charge in [-0.05, 0) is 64.6 Å². The van der Waals surface area contributed by atoms with Crippen LogP contribution in [-0.2, 0) is 0 Å². The molecule has 0 amide bonds. The van der Waals surface area contributed by atoms with Crippen LogP contribution in [0.2, 0.25) is 0 Å². The Bertz CT molecular complexity index is 879. The zero-order valence-corrected chi connectivity index (χ0v) is 16.4. The van der Waals surface area contributed by atoms with E-state index in [1.54, 1.807) is 0 Å². The highest BCUT2D eigenvalue weighted by molar-refractivity contribution is 14.1. The number of aliphatic imine (C=N–C) groups is 1. The number of alkyl halides is 1. The molecule has 0 spiro atoms. The fraction of sp³-hybridized carbons (Fsp3) is 0.136. The average molecular weight is 454 g/mol. The average Bonchev–Trinajstić information content (AvgIpc) is 2.68. The van der Waals surface area contributed by atoms with E-state index in [2.05, 4.69) is 70.0 Å². The maximum absolute atomic E-state index is 5.56. The molecule has 3 aromatic carbocycles. The van der Waals surface area contributed by atoms with Crippen LogP contribution in [0.3, 0.4) is 0 Å². The Hall–Kier alpha value is -2.34. The van der Waals surface area contributed by atoms with Gasteiger partial charge in [0.15, 0.2) is 0 Å². The Balaban J connectivity index is 1.67. The van der Waals surface area contributed by atoms with Crippen LogP contribution in [0.1, 0.15) is 18.0 Å². The minimum absolute atomic E-state index is 0.315. The van der Waals surface area contributed by atoms with Gasteiger partial charge in [-0.15, -0.1) is 0 Å². The summed E-state index contributed by atoms with van der Waals surface area (Å²) < 4.78 is 6.21. The van der Waals surface area contributed by atoms with Crippen molar-refractivity contribution in [2.45, 2.75) is 12.5 Å². The molecular formula is C22H19IN2O. The Labute approximate surface area is 167 Å². The summed E-state index contributed by atoms with van der Waals surface area (Å²) in [6, 6.07) is 29.3. The summed E-state index contributed by atoms with van der Waals surface area (Å²) in [5.74, 6) is 1.98. The Morgan fingerprint density at radius 3 is 2.19 bits per heavy atom. The molecule has 3 aromatic rings. The van der Waals surface area contributed by atoms with Crippen LogP contribution in [0.5, 0.6) is 5.75 Å². The number of nitrogens with zero attached hydrogens (tertiary/aromatic N) is 2. The van der Waals surface area contributed by atoms with Crippen molar-refractivity contribution in [2.75, 3.05) is 9.51 Å². The molecule has 1 atom stereocenters. The van der Waals surface area contributed by atoms with E-state index in [1.165, 1.54) is 5.56 Å². The first kappa shape index (κ1) is 17.1. The van der Waals surface area contributed by atoms with E-state index in [4.69, 9.17) is 9.73 Å². The minimum atomic E-state index is 0.315. The zero-order chi connectivity index (χ0) is 17.8. The van der Waals surface area contributed by atoms with Crippen molar-refractivity contribution >= 4 is 39.8 Å². The number of benzene rings is 3. The third kappa shape index (κ3) is 3.60.